The third-order valence-corrected chi connectivity index (χ3v) is 3.35. The van der Waals surface area contributed by atoms with Crippen molar-refractivity contribution in [1.82, 2.24) is 9.97 Å². The quantitative estimate of drug-likeness (QED) is 0.778. The number of benzene rings is 1. The highest BCUT2D eigenvalue weighted by Crippen LogP contribution is 2.28. The molecule has 2 rings (SSSR count). The Morgan fingerprint density at radius 2 is 1.81 bits per heavy atom. The van der Waals surface area contributed by atoms with Crippen molar-refractivity contribution in [3.63, 3.8) is 0 Å². The molecule has 5 heteroatoms. The Labute approximate surface area is 130 Å². The second-order valence-corrected chi connectivity index (χ2v) is 5.43. The van der Waals surface area contributed by atoms with Gasteiger partial charge in [0.05, 0.1) is 7.11 Å². The van der Waals surface area contributed by atoms with Crippen LogP contribution in [0.15, 0.2) is 24.3 Å². The van der Waals surface area contributed by atoms with Gasteiger partial charge in [0, 0.05) is 11.3 Å². The van der Waals surface area contributed by atoms with Crippen molar-refractivity contribution in [3.8, 4) is 11.6 Å². The summed E-state index contributed by atoms with van der Waals surface area (Å²) >= 11 is 5.93. The third kappa shape index (κ3) is 3.85. The maximum atomic E-state index is 5.93. The van der Waals surface area contributed by atoms with Gasteiger partial charge in [0.15, 0.2) is 0 Å². The molecule has 1 heterocycles. The molecule has 0 amide bonds. The lowest BCUT2D eigenvalue weighted by Crippen LogP contribution is -2.06. The van der Waals surface area contributed by atoms with Crippen molar-refractivity contribution in [1.29, 1.82) is 0 Å². The number of nitrogens with zero attached hydrogens (tertiary/aromatic N) is 2. The van der Waals surface area contributed by atoms with Gasteiger partial charge in [0.25, 0.3) is 0 Å². The molecule has 0 saturated heterocycles. The van der Waals surface area contributed by atoms with Crippen LogP contribution in [-0.2, 0) is 6.61 Å². The summed E-state index contributed by atoms with van der Waals surface area (Å²) in [5, 5.41) is 0.210. The molecule has 0 unspecified atom stereocenters. The van der Waals surface area contributed by atoms with Crippen molar-refractivity contribution < 1.29 is 9.47 Å². The van der Waals surface area contributed by atoms with Crippen molar-refractivity contribution in [2.24, 2.45) is 0 Å². The number of halogens is 1. The standard InChI is InChI=1S/C16H19ClN2O2/c1-10(2)14-11(3)18-16(17)19-15(14)21-9-12-5-7-13(20-4)8-6-12/h5-8,10H,9H2,1-4H3. The van der Waals surface area contributed by atoms with Gasteiger partial charge in [0.1, 0.15) is 12.4 Å². The van der Waals surface area contributed by atoms with Crippen molar-refractivity contribution >= 4 is 11.6 Å². The fourth-order valence-electron chi connectivity index (χ4n) is 2.17. The normalized spacial score (nSPS) is 10.8. The number of aromatic nitrogens is 2. The number of rotatable bonds is 5. The molecule has 1 aromatic heterocycles. The van der Waals surface area contributed by atoms with Gasteiger partial charge >= 0.3 is 0 Å². The smallest absolute Gasteiger partial charge is 0.225 e. The second-order valence-electron chi connectivity index (χ2n) is 5.09. The van der Waals surface area contributed by atoms with Gasteiger partial charge in [-0.15, -0.1) is 0 Å². The molecule has 0 N–H and O–H groups in total. The zero-order chi connectivity index (χ0) is 15.4. The highest BCUT2D eigenvalue weighted by atomic mass is 35.5. The fraction of sp³-hybridized carbons (Fsp3) is 0.375. The van der Waals surface area contributed by atoms with E-state index in [-0.39, 0.29) is 11.2 Å². The molecule has 0 bridgehead atoms. The Bertz CT molecular complexity index is 612. The van der Waals surface area contributed by atoms with Crippen LogP contribution in [0.25, 0.3) is 0 Å². The van der Waals surface area contributed by atoms with Crippen LogP contribution in [0.4, 0.5) is 0 Å². The van der Waals surface area contributed by atoms with Crippen molar-refractivity contribution in [2.45, 2.75) is 33.3 Å². The Balaban J connectivity index is 2.18. The molecule has 21 heavy (non-hydrogen) atoms. The summed E-state index contributed by atoms with van der Waals surface area (Å²) in [5.41, 5.74) is 2.89. The number of hydrogen-bond acceptors (Lipinski definition) is 4. The van der Waals surface area contributed by atoms with Gasteiger partial charge in [-0.3, -0.25) is 0 Å². The minimum absolute atomic E-state index is 0.210. The van der Waals surface area contributed by atoms with Gasteiger partial charge in [-0.2, -0.15) is 4.98 Å². The van der Waals surface area contributed by atoms with E-state index in [2.05, 4.69) is 23.8 Å². The van der Waals surface area contributed by atoms with Crippen LogP contribution in [0.2, 0.25) is 5.28 Å². The number of ether oxygens (including phenoxy) is 2. The first-order valence-corrected chi connectivity index (χ1v) is 7.18. The van der Waals surface area contributed by atoms with Gasteiger partial charge in [-0.1, -0.05) is 26.0 Å². The average Bonchev–Trinajstić information content (AvgIpc) is 2.44. The summed E-state index contributed by atoms with van der Waals surface area (Å²) < 4.78 is 11.0. The van der Waals surface area contributed by atoms with Crippen LogP contribution in [0.5, 0.6) is 11.6 Å². The van der Waals surface area contributed by atoms with E-state index >= 15 is 0 Å². The molecule has 0 aliphatic carbocycles. The minimum atomic E-state index is 0.210. The Morgan fingerprint density at radius 3 is 2.38 bits per heavy atom. The highest BCUT2D eigenvalue weighted by molar-refractivity contribution is 6.28. The molecule has 0 saturated carbocycles. The third-order valence-electron chi connectivity index (χ3n) is 3.19. The summed E-state index contributed by atoms with van der Waals surface area (Å²) in [6.45, 7) is 6.51. The Hall–Kier alpha value is -1.81. The number of hydrogen-bond donors (Lipinski definition) is 0. The van der Waals surface area contributed by atoms with Gasteiger partial charge < -0.3 is 9.47 Å². The topological polar surface area (TPSA) is 44.2 Å². The lowest BCUT2D eigenvalue weighted by Gasteiger charge is -2.15. The minimum Gasteiger partial charge on any atom is -0.497 e. The van der Waals surface area contributed by atoms with Crippen LogP contribution in [0.1, 0.15) is 36.6 Å². The predicted molar refractivity (Wildman–Crippen MR) is 83.2 cm³/mol. The van der Waals surface area contributed by atoms with Gasteiger partial charge in [-0.05, 0) is 42.1 Å². The van der Waals surface area contributed by atoms with Crippen LogP contribution >= 0.6 is 11.6 Å². The summed E-state index contributed by atoms with van der Waals surface area (Å²) in [5.74, 6) is 1.65. The van der Waals surface area contributed by atoms with E-state index in [4.69, 9.17) is 21.1 Å². The Kier molecular flexibility index (Phi) is 5.02. The maximum Gasteiger partial charge on any atom is 0.225 e. The van der Waals surface area contributed by atoms with Crippen LogP contribution in [-0.4, -0.2) is 17.1 Å². The molecule has 0 radical (unpaired) electrons. The molecule has 0 fully saturated rings. The SMILES string of the molecule is COc1ccc(COc2nc(Cl)nc(C)c2C(C)C)cc1. The first-order valence-electron chi connectivity index (χ1n) is 6.81. The molecule has 2 aromatic rings. The molecule has 112 valence electrons. The fourth-order valence-corrected chi connectivity index (χ4v) is 2.37. The van der Waals surface area contributed by atoms with E-state index in [1.165, 1.54) is 0 Å². The molecular weight excluding hydrogens is 288 g/mol. The molecular formula is C16H19ClN2O2. The highest BCUT2D eigenvalue weighted by Gasteiger charge is 2.15. The first-order chi connectivity index (χ1) is 10.0. The predicted octanol–water partition coefficient (Wildman–Crippen LogP) is 4.15. The molecule has 0 spiro atoms. The maximum absolute atomic E-state index is 5.93. The number of aryl methyl sites for hydroxylation is 1. The van der Waals surface area contributed by atoms with E-state index in [0.29, 0.717) is 12.5 Å². The lowest BCUT2D eigenvalue weighted by molar-refractivity contribution is 0.288. The molecule has 0 aliphatic heterocycles. The summed E-state index contributed by atoms with van der Waals surface area (Å²) in [4.78, 5) is 8.40. The van der Waals surface area contributed by atoms with Crippen molar-refractivity contribution in [3.05, 3.63) is 46.4 Å². The van der Waals surface area contributed by atoms with Crippen molar-refractivity contribution in [2.75, 3.05) is 7.11 Å². The second kappa shape index (κ2) is 6.76. The zero-order valence-corrected chi connectivity index (χ0v) is 13.4. The van der Waals surface area contributed by atoms with E-state index in [9.17, 15) is 0 Å². The van der Waals surface area contributed by atoms with Gasteiger partial charge in [0.2, 0.25) is 11.2 Å². The largest absolute Gasteiger partial charge is 0.497 e. The van der Waals surface area contributed by atoms with E-state index in [0.717, 1.165) is 22.6 Å². The monoisotopic (exact) mass is 306 g/mol. The zero-order valence-electron chi connectivity index (χ0n) is 12.7. The summed E-state index contributed by atoms with van der Waals surface area (Å²) in [6.07, 6.45) is 0. The lowest BCUT2D eigenvalue weighted by atomic mass is 10.0. The first kappa shape index (κ1) is 15.6. The molecule has 0 aliphatic rings. The molecule has 4 nitrogen and oxygen atoms in total. The van der Waals surface area contributed by atoms with Crippen LogP contribution in [0.3, 0.4) is 0 Å². The Morgan fingerprint density at radius 1 is 1.14 bits per heavy atom. The van der Waals surface area contributed by atoms with E-state index < -0.39 is 0 Å². The average molecular weight is 307 g/mol. The molecule has 0 atom stereocenters. The number of methoxy groups -OCH3 is 1. The molecule has 1 aromatic carbocycles. The van der Waals surface area contributed by atoms with E-state index in [1.54, 1.807) is 7.11 Å². The van der Waals surface area contributed by atoms with Gasteiger partial charge in [-0.25, -0.2) is 4.98 Å². The van der Waals surface area contributed by atoms with Crippen LogP contribution < -0.4 is 9.47 Å². The summed E-state index contributed by atoms with van der Waals surface area (Å²) in [7, 11) is 1.64. The van der Waals surface area contributed by atoms with E-state index in [1.807, 2.05) is 31.2 Å². The summed E-state index contributed by atoms with van der Waals surface area (Å²) in [6, 6.07) is 7.73. The van der Waals surface area contributed by atoms with Crippen LogP contribution in [0, 0.1) is 6.92 Å².